The number of ketones is 1. The van der Waals surface area contributed by atoms with E-state index in [4.69, 9.17) is 5.73 Å². The number of aliphatic hydroxyl groups excluding tert-OH is 1. The van der Waals surface area contributed by atoms with Crippen LogP contribution in [0.1, 0.15) is 48.1 Å². The molecule has 0 radical (unpaired) electrons. The van der Waals surface area contributed by atoms with E-state index in [0.29, 0.717) is 16.7 Å². The first-order valence-corrected chi connectivity index (χ1v) is 11.3. The van der Waals surface area contributed by atoms with Crippen LogP contribution >= 0.6 is 0 Å². The van der Waals surface area contributed by atoms with E-state index in [2.05, 4.69) is 25.4 Å². The third-order valence-corrected chi connectivity index (χ3v) is 5.86. The van der Waals surface area contributed by atoms with E-state index < -0.39 is 28.8 Å². The van der Waals surface area contributed by atoms with E-state index in [1.807, 2.05) is 0 Å². The van der Waals surface area contributed by atoms with Gasteiger partial charge in [0, 0.05) is 42.2 Å². The summed E-state index contributed by atoms with van der Waals surface area (Å²) in [6.45, 7) is 5.34. The number of fused-ring (bicyclic) bond motifs is 1. The number of nitrogens with one attached hydrogen (secondary N) is 1. The summed E-state index contributed by atoms with van der Waals surface area (Å²) in [6, 6.07) is 2.67. The number of hydrogen-bond donors (Lipinski definition) is 3. The number of aromatic nitrogens is 6. The van der Waals surface area contributed by atoms with Gasteiger partial charge in [-0.2, -0.15) is 18.9 Å². The number of pyridine rings is 1. The predicted octanol–water partition coefficient (Wildman–Crippen LogP) is 2.62. The fourth-order valence-corrected chi connectivity index (χ4v) is 3.75. The fourth-order valence-electron chi connectivity index (χ4n) is 3.75. The number of aryl methyl sites for hydroxylation is 1. The first-order chi connectivity index (χ1) is 17.3. The second-order valence-corrected chi connectivity index (χ2v) is 9.41. The number of nitrogens with two attached hydrogens (primary N) is 1. The lowest BCUT2D eigenvalue weighted by Gasteiger charge is -2.24. The lowest BCUT2D eigenvalue weighted by molar-refractivity contribution is -0.117. The summed E-state index contributed by atoms with van der Waals surface area (Å²) >= 11 is 0. The summed E-state index contributed by atoms with van der Waals surface area (Å²) < 4.78 is 29.9. The van der Waals surface area contributed by atoms with Crippen LogP contribution in [0.2, 0.25) is 0 Å². The Morgan fingerprint density at radius 3 is 2.54 bits per heavy atom. The van der Waals surface area contributed by atoms with Gasteiger partial charge in [-0.05, 0) is 32.9 Å². The molecule has 0 spiro atoms. The normalized spacial score (nSPS) is 12.2. The molecule has 0 bridgehead atoms. The Morgan fingerprint density at radius 1 is 1.16 bits per heavy atom. The number of amides is 1. The molecule has 0 atom stereocenters. The van der Waals surface area contributed by atoms with E-state index in [0.717, 1.165) is 6.92 Å². The number of aliphatic hydroxyl groups is 1. The molecule has 0 saturated heterocycles. The average Bonchev–Trinajstić information content (AvgIpc) is 3.39. The molecule has 0 fully saturated rings. The highest BCUT2D eigenvalue weighted by Gasteiger charge is 2.29. The molecule has 13 heteroatoms. The second-order valence-electron chi connectivity index (χ2n) is 9.41. The van der Waals surface area contributed by atoms with Crippen molar-refractivity contribution >= 4 is 34.4 Å². The predicted molar refractivity (Wildman–Crippen MR) is 131 cm³/mol. The summed E-state index contributed by atoms with van der Waals surface area (Å²) in [6.07, 6.45) is 5.72. The van der Waals surface area contributed by atoms with Crippen molar-refractivity contribution in [2.75, 3.05) is 17.7 Å². The molecule has 0 aliphatic rings. The van der Waals surface area contributed by atoms with Crippen molar-refractivity contribution in [2.24, 2.45) is 0 Å². The van der Waals surface area contributed by atoms with Crippen LogP contribution in [-0.2, 0) is 22.8 Å². The van der Waals surface area contributed by atoms with E-state index in [9.17, 15) is 23.5 Å². The third kappa shape index (κ3) is 5.16. The van der Waals surface area contributed by atoms with E-state index in [-0.39, 0.29) is 35.9 Å². The topological polar surface area (TPSA) is 154 Å². The molecule has 194 valence electrons. The Hall–Kier alpha value is -4.26. The van der Waals surface area contributed by atoms with Crippen LogP contribution in [0, 0.1) is 6.92 Å². The molecule has 0 unspecified atom stereocenters. The first-order valence-electron chi connectivity index (χ1n) is 11.3. The summed E-state index contributed by atoms with van der Waals surface area (Å²) in [5.41, 5.74) is 6.01. The fraction of sp³-hybridized carbons (Fsp3) is 0.333. The van der Waals surface area contributed by atoms with Gasteiger partial charge in [0.25, 0.3) is 5.92 Å². The molecule has 4 aromatic heterocycles. The van der Waals surface area contributed by atoms with Crippen molar-refractivity contribution in [1.82, 2.24) is 29.3 Å². The summed E-state index contributed by atoms with van der Waals surface area (Å²) in [5, 5.41) is 16.7. The van der Waals surface area contributed by atoms with Gasteiger partial charge in [-0.3, -0.25) is 19.3 Å². The summed E-state index contributed by atoms with van der Waals surface area (Å²) in [7, 11) is 0. The van der Waals surface area contributed by atoms with Gasteiger partial charge in [0.15, 0.2) is 5.78 Å². The van der Waals surface area contributed by atoms with Gasteiger partial charge in [-0.15, -0.1) is 0 Å². The van der Waals surface area contributed by atoms with Crippen LogP contribution < -0.4 is 11.1 Å². The van der Waals surface area contributed by atoms with Crippen molar-refractivity contribution in [3.8, 4) is 0 Å². The van der Waals surface area contributed by atoms with Crippen molar-refractivity contribution in [2.45, 2.75) is 45.7 Å². The van der Waals surface area contributed by atoms with Gasteiger partial charge >= 0.3 is 0 Å². The van der Waals surface area contributed by atoms with Crippen LogP contribution in [0.25, 0.3) is 11.0 Å². The molecular formula is C24H26F2N8O3. The first kappa shape index (κ1) is 25.8. The Kier molecular flexibility index (Phi) is 6.50. The zero-order valence-corrected chi connectivity index (χ0v) is 20.7. The third-order valence-electron chi connectivity index (χ3n) is 5.86. The highest BCUT2D eigenvalue weighted by atomic mass is 19.3. The van der Waals surface area contributed by atoms with Gasteiger partial charge in [-0.1, -0.05) is 0 Å². The minimum atomic E-state index is -3.13. The highest BCUT2D eigenvalue weighted by molar-refractivity contribution is 6.16. The quantitative estimate of drug-likeness (QED) is 0.305. The van der Waals surface area contributed by atoms with Crippen LogP contribution in [-0.4, -0.2) is 52.7 Å². The van der Waals surface area contributed by atoms with E-state index in [1.165, 1.54) is 35.4 Å². The molecule has 0 aliphatic heterocycles. The molecule has 11 nitrogen and oxygen atoms in total. The molecule has 4 N–H and O–H groups in total. The highest BCUT2D eigenvalue weighted by Crippen LogP contribution is 2.29. The molecule has 4 heterocycles. The number of carbonyl (C=O) groups excluding carboxylic acids is 2. The van der Waals surface area contributed by atoms with Crippen molar-refractivity contribution in [3.05, 3.63) is 59.4 Å². The number of carbonyl (C=O) groups is 2. The number of anilines is 2. The maximum Gasteiger partial charge on any atom is 0.288 e. The number of hydrogen-bond acceptors (Lipinski definition) is 8. The number of nitrogen functional groups attached to an aromatic ring is 1. The maximum atomic E-state index is 13.6. The van der Waals surface area contributed by atoms with Crippen molar-refractivity contribution in [1.29, 1.82) is 0 Å². The Bertz CT molecular complexity index is 1500. The van der Waals surface area contributed by atoms with Crippen LogP contribution in [0.3, 0.4) is 0 Å². The molecule has 4 aromatic rings. The number of rotatable bonds is 8. The lowest BCUT2D eigenvalue weighted by Crippen LogP contribution is -2.30. The standard InChI is InChI=1S/C24H26F2N8O3/c1-13-5-18(24(4,25)26)32-34(13)11-19(36)30-15-6-14(7-28-8-15)20(37)17-10-33(23(2,3)12-35)21-16(17)9-29-22(27)31-21/h5-10,35H,11-12H2,1-4H3,(H,30,36)(H2,27,29,31). The van der Waals surface area contributed by atoms with E-state index >= 15 is 0 Å². The van der Waals surface area contributed by atoms with Gasteiger partial charge in [0.1, 0.15) is 17.9 Å². The minimum Gasteiger partial charge on any atom is -0.394 e. The lowest BCUT2D eigenvalue weighted by atomic mass is 10.1. The largest absolute Gasteiger partial charge is 0.394 e. The molecular weight excluding hydrogens is 486 g/mol. The monoisotopic (exact) mass is 512 g/mol. The van der Waals surface area contributed by atoms with Crippen LogP contribution in [0.15, 0.2) is 36.9 Å². The Labute approximate surface area is 210 Å². The zero-order valence-electron chi connectivity index (χ0n) is 20.7. The minimum absolute atomic E-state index is 0.0214. The van der Waals surface area contributed by atoms with Gasteiger partial charge in [0.2, 0.25) is 11.9 Å². The maximum absolute atomic E-state index is 13.6. The van der Waals surface area contributed by atoms with E-state index in [1.54, 1.807) is 31.5 Å². The molecule has 0 aromatic carbocycles. The van der Waals surface area contributed by atoms with Crippen molar-refractivity contribution < 1.29 is 23.5 Å². The second kappa shape index (κ2) is 9.32. The van der Waals surface area contributed by atoms with Crippen molar-refractivity contribution in [3.63, 3.8) is 0 Å². The Balaban J connectivity index is 1.60. The van der Waals surface area contributed by atoms with Gasteiger partial charge in [-0.25, -0.2) is 4.98 Å². The molecule has 0 aliphatic carbocycles. The van der Waals surface area contributed by atoms with Crippen LogP contribution in [0.4, 0.5) is 20.4 Å². The van der Waals surface area contributed by atoms with Gasteiger partial charge < -0.3 is 20.7 Å². The SMILES string of the molecule is Cc1cc(C(C)(F)F)nn1CC(=O)Nc1cncc(C(=O)c2cn(C(C)(C)CO)c3nc(N)ncc23)c1. The number of alkyl halides is 2. The average molecular weight is 513 g/mol. The smallest absolute Gasteiger partial charge is 0.288 e. The molecule has 0 saturated carbocycles. The number of nitrogens with zero attached hydrogens (tertiary/aromatic N) is 6. The molecule has 1 amide bonds. The van der Waals surface area contributed by atoms with Gasteiger partial charge in [0.05, 0.1) is 29.6 Å². The summed E-state index contributed by atoms with van der Waals surface area (Å²) in [5.74, 6) is -4.05. The molecule has 37 heavy (non-hydrogen) atoms. The Morgan fingerprint density at radius 2 is 1.89 bits per heavy atom. The zero-order chi connectivity index (χ0) is 27.1. The number of halogens is 2. The summed E-state index contributed by atoms with van der Waals surface area (Å²) in [4.78, 5) is 38.3. The molecule has 4 rings (SSSR count). The van der Waals surface area contributed by atoms with Crippen LogP contribution in [0.5, 0.6) is 0 Å².